The Hall–Kier alpha value is -1.38. The molecule has 0 saturated heterocycles. The van der Waals surface area contributed by atoms with Gasteiger partial charge in [0, 0.05) is 18.9 Å². The number of unbranched alkanes of at least 4 members (excludes halogenated alkanes) is 7. The maximum Gasteiger partial charge on any atom is 0.328 e. The molecule has 120 valence electrons. The van der Waals surface area contributed by atoms with E-state index in [1.54, 1.807) is 6.08 Å². The Morgan fingerprint density at radius 1 is 0.857 bits per heavy atom. The van der Waals surface area contributed by atoms with E-state index in [2.05, 4.69) is 6.92 Å². The number of allylic oxidation sites excluding steroid dienone is 3. The van der Waals surface area contributed by atoms with Crippen LogP contribution in [0.4, 0.5) is 0 Å². The summed E-state index contributed by atoms with van der Waals surface area (Å²) in [6, 6.07) is 0. The van der Waals surface area contributed by atoms with Gasteiger partial charge in [-0.1, -0.05) is 57.3 Å². The third-order valence-electron chi connectivity index (χ3n) is 3.37. The van der Waals surface area contributed by atoms with Gasteiger partial charge in [0.2, 0.25) is 0 Å². The first-order valence-corrected chi connectivity index (χ1v) is 8.24. The van der Waals surface area contributed by atoms with E-state index < -0.39 is 5.97 Å². The number of rotatable bonds is 14. The van der Waals surface area contributed by atoms with Crippen molar-refractivity contribution in [1.82, 2.24) is 0 Å². The SMILES string of the molecule is CCCCCCCCC(=O)CCCCC=CC=CC(=O)O. The van der Waals surface area contributed by atoms with Gasteiger partial charge < -0.3 is 5.11 Å². The van der Waals surface area contributed by atoms with Crippen LogP contribution in [0.15, 0.2) is 24.3 Å². The second kappa shape index (κ2) is 15.0. The Morgan fingerprint density at radius 3 is 2.14 bits per heavy atom. The summed E-state index contributed by atoms with van der Waals surface area (Å²) in [5.74, 6) is -0.541. The van der Waals surface area contributed by atoms with Gasteiger partial charge >= 0.3 is 5.97 Å². The molecule has 1 N–H and O–H groups in total. The number of Topliss-reactive ketones (excluding diaryl/α,β-unsaturated/α-hetero) is 1. The third kappa shape index (κ3) is 16.6. The molecule has 0 fully saturated rings. The maximum atomic E-state index is 11.6. The van der Waals surface area contributed by atoms with Gasteiger partial charge in [-0.05, 0) is 25.7 Å². The second-order valence-corrected chi connectivity index (χ2v) is 5.43. The highest BCUT2D eigenvalue weighted by atomic mass is 16.4. The molecule has 3 heteroatoms. The van der Waals surface area contributed by atoms with Crippen LogP contribution < -0.4 is 0 Å². The monoisotopic (exact) mass is 294 g/mol. The topological polar surface area (TPSA) is 54.4 Å². The molecule has 0 radical (unpaired) electrons. The molecular weight excluding hydrogens is 264 g/mol. The third-order valence-corrected chi connectivity index (χ3v) is 3.37. The van der Waals surface area contributed by atoms with Gasteiger partial charge in [0.1, 0.15) is 5.78 Å². The zero-order valence-corrected chi connectivity index (χ0v) is 13.4. The number of carboxylic acids is 1. The summed E-state index contributed by atoms with van der Waals surface area (Å²) >= 11 is 0. The summed E-state index contributed by atoms with van der Waals surface area (Å²) in [5.41, 5.74) is 0. The summed E-state index contributed by atoms with van der Waals surface area (Å²) in [5, 5.41) is 8.39. The first-order chi connectivity index (χ1) is 10.2. The summed E-state index contributed by atoms with van der Waals surface area (Å²) in [7, 11) is 0. The van der Waals surface area contributed by atoms with Gasteiger partial charge in [0.05, 0.1) is 0 Å². The van der Waals surface area contributed by atoms with E-state index in [4.69, 9.17) is 5.11 Å². The summed E-state index contributed by atoms with van der Waals surface area (Å²) in [6.45, 7) is 2.21. The van der Waals surface area contributed by atoms with Gasteiger partial charge in [-0.15, -0.1) is 0 Å². The van der Waals surface area contributed by atoms with E-state index in [1.165, 1.54) is 38.2 Å². The minimum atomic E-state index is -0.931. The molecule has 0 aliphatic carbocycles. The Balaban J connectivity index is 3.35. The van der Waals surface area contributed by atoms with Crippen LogP contribution in [0, 0.1) is 0 Å². The molecule has 3 nitrogen and oxygen atoms in total. The number of carboxylic acid groups (broad SMARTS) is 1. The van der Waals surface area contributed by atoms with Crippen molar-refractivity contribution in [1.29, 1.82) is 0 Å². The van der Waals surface area contributed by atoms with Crippen molar-refractivity contribution in [3.8, 4) is 0 Å². The van der Waals surface area contributed by atoms with E-state index in [9.17, 15) is 9.59 Å². The number of ketones is 1. The Bertz CT molecular complexity index is 329. The van der Waals surface area contributed by atoms with Gasteiger partial charge in [0.15, 0.2) is 0 Å². The number of carbonyl (C=O) groups excluding carboxylic acids is 1. The van der Waals surface area contributed by atoms with Gasteiger partial charge in [-0.2, -0.15) is 0 Å². The van der Waals surface area contributed by atoms with E-state index in [0.717, 1.165) is 38.2 Å². The minimum Gasteiger partial charge on any atom is -0.478 e. The lowest BCUT2D eigenvalue weighted by Crippen LogP contribution is -1.97. The number of aliphatic carboxylic acids is 1. The molecule has 0 saturated carbocycles. The van der Waals surface area contributed by atoms with Crippen LogP contribution in [-0.4, -0.2) is 16.9 Å². The van der Waals surface area contributed by atoms with Crippen molar-refractivity contribution in [2.24, 2.45) is 0 Å². The highest BCUT2D eigenvalue weighted by Gasteiger charge is 2.01. The maximum absolute atomic E-state index is 11.6. The van der Waals surface area contributed by atoms with Crippen LogP contribution in [0.3, 0.4) is 0 Å². The molecule has 0 aromatic heterocycles. The number of hydrogen-bond donors (Lipinski definition) is 1. The molecule has 0 heterocycles. The first-order valence-electron chi connectivity index (χ1n) is 8.24. The van der Waals surface area contributed by atoms with Crippen LogP contribution in [0.5, 0.6) is 0 Å². The second-order valence-electron chi connectivity index (χ2n) is 5.43. The van der Waals surface area contributed by atoms with Crippen molar-refractivity contribution in [3.63, 3.8) is 0 Å². The first kappa shape index (κ1) is 19.6. The van der Waals surface area contributed by atoms with Crippen LogP contribution >= 0.6 is 0 Å². The molecule has 21 heavy (non-hydrogen) atoms. The predicted molar refractivity (Wildman–Crippen MR) is 87.4 cm³/mol. The number of carbonyl (C=O) groups is 2. The fourth-order valence-electron chi connectivity index (χ4n) is 2.12. The van der Waals surface area contributed by atoms with Crippen molar-refractivity contribution < 1.29 is 14.7 Å². The molecule has 0 spiro atoms. The van der Waals surface area contributed by atoms with E-state index >= 15 is 0 Å². The lowest BCUT2D eigenvalue weighted by atomic mass is 10.0. The van der Waals surface area contributed by atoms with E-state index in [0.29, 0.717) is 12.2 Å². The molecule has 0 aromatic rings. The highest BCUT2D eigenvalue weighted by Crippen LogP contribution is 2.10. The van der Waals surface area contributed by atoms with E-state index in [1.807, 2.05) is 6.08 Å². The van der Waals surface area contributed by atoms with Crippen LogP contribution in [0.2, 0.25) is 0 Å². The van der Waals surface area contributed by atoms with Gasteiger partial charge in [0.25, 0.3) is 0 Å². The minimum absolute atomic E-state index is 0.389. The normalized spacial score (nSPS) is 11.5. The lowest BCUT2D eigenvalue weighted by Gasteiger charge is -2.01. The van der Waals surface area contributed by atoms with Crippen LogP contribution in [0.1, 0.15) is 77.6 Å². The van der Waals surface area contributed by atoms with E-state index in [-0.39, 0.29) is 0 Å². The molecule has 0 bridgehead atoms. The van der Waals surface area contributed by atoms with Crippen molar-refractivity contribution in [2.45, 2.75) is 77.6 Å². The Morgan fingerprint density at radius 2 is 1.48 bits per heavy atom. The molecule has 0 aliphatic rings. The fourth-order valence-corrected chi connectivity index (χ4v) is 2.12. The molecular formula is C18H30O3. The average Bonchev–Trinajstić information content (AvgIpc) is 2.45. The highest BCUT2D eigenvalue weighted by molar-refractivity contribution is 5.80. The summed E-state index contributed by atoms with van der Waals surface area (Å²) in [6.07, 6.45) is 17.9. The van der Waals surface area contributed by atoms with Crippen LogP contribution in [0.25, 0.3) is 0 Å². The zero-order valence-electron chi connectivity index (χ0n) is 13.4. The average molecular weight is 294 g/mol. The van der Waals surface area contributed by atoms with Crippen molar-refractivity contribution in [3.05, 3.63) is 24.3 Å². The molecule has 0 aromatic carbocycles. The molecule has 0 aliphatic heterocycles. The molecule has 0 amide bonds. The summed E-state index contributed by atoms with van der Waals surface area (Å²) in [4.78, 5) is 21.9. The predicted octanol–water partition coefficient (Wildman–Crippen LogP) is 5.06. The lowest BCUT2D eigenvalue weighted by molar-refractivity contribution is -0.131. The molecule has 0 rings (SSSR count). The smallest absolute Gasteiger partial charge is 0.328 e. The van der Waals surface area contributed by atoms with Crippen LogP contribution in [-0.2, 0) is 9.59 Å². The fraction of sp³-hybridized carbons (Fsp3) is 0.667. The van der Waals surface area contributed by atoms with Gasteiger partial charge in [-0.25, -0.2) is 4.79 Å². The van der Waals surface area contributed by atoms with Gasteiger partial charge in [-0.3, -0.25) is 4.79 Å². The Kier molecular flexibility index (Phi) is 14.0. The van der Waals surface area contributed by atoms with Crippen molar-refractivity contribution >= 4 is 11.8 Å². The Labute approximate surface area is 129 Å². The molecule has 0 unspecified atom stereocenters. The summed E-state index contributed by atoms with van der Waals surface area (Å²) < 4.78 is 0. The molecule has 0 atom stereocenters. The number of hydrogen-bond acceptors (Lipinski definition) is 2. The van der Waals surface area contributed by atoms with Crippen molar-refractivity contribution in [2.75, 3.05) is 0 Å². The standard InChI is InChI=1S/C18H30O3/c1-2-3-4-5-8-11-14-17(19)15-12-9-6-7-10-13-16-18(20)21/h7,10,13,16H,2-6,8-9,11-12,14-15H2,1H3,(H,20,21). The quantitative estimate of drug-likeness (QED) is 0.277. The largest absolute Gasteiger partial charge is 0.478 e. The zero-order chi connectivity index (χ0) is 15.8.